The Labute approximate surface area is 142 Å². The van der Waals surface area contributed by atoms with E-state index in [1.165, 1.54) is 11.1 Å². The second-order valence-electron chi connectivity index (χ2n) is 5.66. The molecule has 0 bridgehead atoms. The maximum atomic E-state index is 4.49. The topological polar surface area (TPSA) is 50.2 Å². The van der Waals surface area contributed by atoms with Crippen LogP contribution in [0.4, 0.5) is 5.82 Å². The summed E-state index contributed by atoms with van der Waals surface area (Å²) in [5, 5.41) is 4.27. The van der Waals surface area contributed by atoms with Crippen molar-refractivity contribution in [3.8, 4) is 11.3 Å². The van der Waals surface area contributed by atoms with Crippen LogP contribution < -0.4 is 5.43 Å². The van der Waals surface area contributed by atoms with Gasteiger partial charge in [-0.1, -0.05) is 60.2 Å². The molecule has 0 atom stereocenters. The molecule has 24 heavy (non-hydrogen) atoms. The number of hydrazone groups is 1. The minimum atomic E-state index is 0.696. The average molecular weight is 316 g/mol. The molecule has 0 saturated carbocycles. The zero-order chi connectivity index (χ0) is 16.8. The van der Waals surface area contributed by atoms with E-state index < -0.39 is 0 Å². The van der Waals surface area contributed by atoms with E-state index in [0.29, 0.717) is 11.6 Å². The van der Waals surface area contributed by atoms with Gasteiger partial charge in [-0.15, -0.1) is 0 Å². The van der Waals surface area contributed by atoms with E-state index in [1.54, 1.807) is 0 Å². The minimum absolute atomic E-state index is 0.696. The third-order valence-electron chi connectivity index (χ3n) is 3.63. The maximum absolute atomic E-state index is 4.49. The van der Waals surface area contributed by atoms with Gasteiger partial charge in [0.15, 0.2) is 0 Å². The molecule has 0 saturated heterocycles. The van der Waals surface area contributed by atoms with Crippen LogP contribution >= 0.6 is 0 Å². The van der Waals surface area contributed by atoms with Gasteiger partial charge in [-0.2, -0.15) is 5.10 Å². The van der Waals surface area contributed by atoms with Gasteiger partial charge in [0.1, 0.15) is 11.6 Å². The normalized spacial score (nSPS) is 10.9. The van der Waals surface area contributed by atoms with E-state index in [-0.39, 0.29) is 0 Å². The number of nitrogens with one attached hydrogen (secondary N) is 1. The molecule has 4 nitrogen and oxygen atoms in total. The van der Waals surface area contributed by atoms with Crippen molar-refractivity contribution in [3.05, 3.63) is 77.6 Å². The van der Waals surface area contributed by atoms with Crippen LogP contribution in [0.25, 0.3) is 11.3 Å². The van der Waals surface area contributed by atoms with E-state index in [2.05, 4.69) is 51.7 Å². The fraction of sp³-hybridized carbons (Fsp3) is 0.150. The van der Waals surface area contributed by atoms with Crippen LogP contribution in [0.1, 0.15) is 17.0 Å². The predicted molar refractivity (Wildman–Crippen MR) is 99.2 cm³/mol. The molecule has 3 aromatic rings. The molecule has 0 amide bonds. The summed E-state index contributed by atoms with van der Waals surface area (Å²) in [7, 11) is 0. The predicted octanol–water partition coefficient (Wildman–Crippen LogP) is 4.40. The van der Waals surface area contributed by atoms with Gasteiger partial charge in [0.2, 0.25) is 0 Å². The number of aryl methyl sites for hydroxylation is 2. The molecule has 0 aliphatic carbocycles. The Kier molecular flexibility index (Phi) is 4.96. The molecule has 0 fully saturated rings. The van der Waals surface area contributed by atoms with Gasteiger partial charge in [0.25, 0.3) is 0 Å². The number of hydrogen-bond acceptors (Lipinski definition) is 4. The molecule has 120 valence electrons. The first-order valence-corrected chi connectivity index (χ1v) is 7.95. The Morgan fingerprint density at radius 1 is 0.958 bits per heavy atom. The Bertz CT molecular complexity index is 824. The van der Waals surface area contributed by atoms with Crippen LogP contribution in [-0.2, 0) is 6.42 Å². The second-order valence-corrected chi connectivity index (χ2v) is 5.66. The van der Waals surface area contributed by atoms with Crippen LogP contribution in [0.2, 0.25) is 0 Å². The molecule has 0 unspecified atom stereocenters. The van der Waals surface area contributed by atoms with Crippen molar-refractivity contribution in [2.24, 2.45) is 5.10 Å². The average Bonchev–Trinajstić information content (AvgIpc) is 2.61. The number of nitrogens with zero attached hydrogens (tertiary/aromatic N) is 3. The Morgan fingerprint density at radius 3 is 2.46 bits per heavy atom. The van der Waals surface area contributed by atoms with Crippen molar-refractivity contribution in [2.75, 3.05) is 5.43 Å². The third-order valence-corrected chi connectivity index (χ3v) is 3.63. The molecule has 0 spiro atoms. The summed E-state index contributed by atoms with van der Waals surface area (Å²) in [5.74, 6) is 1.41. The lowest BCUT2D eigenvalue weighted by molar-refractivity contribution is 1.05. The van der Waals surface area contributed by atoms with E-state index in [1.807, 2.05) is 49.5 Å². The number of hydrogen-bond donors (Lipinski definition) is 1. The van der Waals surface area contributed by atoms with Crippen molar-refractivity contribution in [1.82, 2.24) is 9.97 Å². The standard InChI is InChI=1S/C20H20N4/c1-15-8-10-17(11-9-15)12-13-21-24-20-14-19(22-16(2)23-20)18-6-4-3-5-7-18/h3-11,13-14H,12H2,1-2H3,(H,22,23,24). The van der Waals surface area contributed by atoms with Gasteiger partial charge < -0.3 is 0 Å². The highest BCUT2D eigenvalue weighted by Gasteiger charge is 2.03. The number of anilines is 1. The quantitative estimate of drug-likeness (QED) is 0.560. The SMILES string of the molecule is Cc1ccc(CC=NNc2cc(-c3ccccc3)nc(C)n2)cc1. The maximum Gasteiger partial charge on any atom is 0.150 e. The van der Waals surface area contributed by atoms with E-state index in [9.17, 15) is 0 Å². The minimum Gasteiger partial charge on any atom is -0.262 e. The molecular formula is C20H20N4. The van der Waals surface area contributed by atoms with Gasteiger partial charge in [0, 0.05) is 24.3 Å². The fourth-order valence-corrected chi connectivity index (χ4v) is 2.37. The summed E-state index contributed by atoms with van der Waals surface area (Å²) in [5.41, 5.74) is 7.44. The van der Waals surface area contributed by atoms with Crippen LogP contribution in [-0.4, -0.2) is 16.2 Å². The first kappa shape index (κ1) is 15.9. The lowest BCUT2D eigenvalue weighted by Crippen LogP contribution is -1.99. The summed E-state index contributed by atoms with van der Waals surface area (Å²) >= 11 is 0. The van der Waals surface area contributed by atoms with Crippen molar-refractivity contribution < 1.29 is 0 Å². The van der Waals surface area contributed by atoms with Crippen molar-refractivity contribution >= 4 is 12.0 Å². The summed E-state index contributed by atoms with van der Waals surface area (Å²) in [6.45, 7) is 3.97. The molecule has 0 radical (unpaired) electrons. The van der Waals surface area contributed by atoms with E-state index in [0.717, 1.165) is 17.7 Å². The smallest absolute Gasteiger partial charge is 0.150 e. The lowest BCUT2D eigenvalue weighted by atomic mass is 10.1. The highest BCUT2D eigenvalue weighted by molar-refractivity contribution is 5.65. The molecule has 4 heteroatoms. The number of rotatable bonds is 5. The van der Waals surface area contributed by atoms with Gasteiger partial charge >= 0.3 is 0 Å². The molecule has 1 N–H and O–H groups in total. The summed E-state index contributed by atoms with van der Waals surface area (Å²) in [4.78, 5) is 8.86. The van der Waals surface area contributed by atoms with Gasteiger partial charge in [-0.3, -0.25) is 5.43 Å². The van der Waals surface area contributed by atoms with Gasteiger partial charge in [-0.25, -0.2) is 9.97 Å². The molecular weight excluding hydrogens is 296 g/mol. The Morgan fingerprint density at radius 2 is 1.71 bits per heavy atom. The monoisotopic (exact) mass is 316 g/mol. The first-order chi connectivity index (χ1) is 11.7. The Hall–Kier alpha value is -3.01. The number of benzene rings is 2. The highest BCUT2D eigenvalue weighted by atomic mass is 15.3. The summed E-state index contributed by atoms with van der Waals surface area (Å²) in [6.07, 6.45) is 2.63. The van der Waals surface area contributed by atoms with E-state index >= 15 is 0 Å². The van der Waals surface area contributed by atoms with Crippen LogP contribution in [0.15, 0.2) is 65.8 Å². The molecule has 1 aromatic heterocycles. The van der Waals surface area contributed by atoms with Crippen molar-refractivity contribution in [1.29, 1.82) is 0 Å². The molecule has 3 rings (SSSR count). The van der Waals surface area contributed by atoms with Crippen molar-refractivity contribution in [3.63, 3.8) is 0 Å². The number of aromatic nitrogens is 2. The third kappa shape index (κ3) is 4.26. The first-order valence-electron chi connectivity index (χ1n) is 7.95. The summed E-state index contributed by atoms with van der Waals surface area (Å²) in [6, 6.07) is 20.4. The zero-order valence-corrected chi connectivity index (χ0v) is 13.9. The Balaban J connectivity index is 1.68. The largest absolute Gasteiger partial charge is 0.262 e. The molecule has 0 aliphatic heterocycles. The van der Waals surface area contributed by atoms with Crippen LogP contribution in [0.3, 0.4) is 0 Å². The molecule has 2 aromatic carbocycles. The van der Waals surface area contributed by atoms with Gasteiger partial charge in [0.05, 0.1) is 5.69 Å². The van der Waals surface area contributed by atoms with Gasteiger partial charge in [-0.05, 0) is 19.4 Å². The summed E-state index contributed by atoms with van der Waals surface area (Å²) < 4.78 is 0. The van der Waals surface area contributed by atoms with Crippen LogP contribution in [0.5, 0.6) is 0 Å². The molecule has 1 heterocycles. The lowest BCUT2D eigenvalue weighted by Gasteiger charge is -2.05. The highest BCUT2D eigenvalue weighted by Crippen LogP contribution is 2.19. The van der Waals surface area contributed by atoms with Crippen LogP contribution in [0, 0.1) is 13.8 Å². The fourth-order valence-electron chi connectivity index (χ4n) is 2.37. The second kappa shape index (κ2) is 7.51. The van der Waals surface area contributed by atoms with Crippen molar-refractivity contribution in [2.45, 2.75) is 20.3 Å². The molecule has 0 aliphatic rings. The van der Waals surface area contributed by atoms with E-state index in [4.69, 9.17) is 0 Å². The zero-order valence-electron chi connectivity index (χ0n) is 13.9.